The zero-order valence-electron chi connectivity index (χ0n) is 12.0. The second-order valence-electron chi connectivity index (χ2n) is 4.80. The standard InChI is InChI=1S/C16H18ClN3/c1-4-20-11(2)7-14(12(20)3)10-19-16-6-5-13(9-18)8-15(16)17/h5-8,19H,4,10H2,1-3H3. The highest BCUT2D eigenvalue weighted by Crippen LogP contribution is 2.24. The maximum atomic E-state index is 8.83. The number of hydrogen-bond donors (Lipinski definition) is 1. The van der Waals surface area contributed by atoms with Crippen LogP contribution in [-0.4, -0.2) is 4.57 Å². The molecule has 0 aliphatic rings. The Labute approximate surface area is 124 Å². The second kappa shape index (κ2) is 6.02. The highest BCUT2D eigenvalue weighted by Gasteiger charge is 2.08. The van der Waals surface area contributed by atoms with Crippen LogP contribution in [0.2, 0.25) is 5.02 Å². The minimum absolute atomic E-state index is 0.574. The molecule has 0 fully saturated rings. The van der Waals surface area contributed by atoms with Crippen LogP contribution in [0.3, 0.4) is 0 Å². The number of nitrogens with zero attached hydrogens (tertiary/aromatic N) is 2. The van der Waals surface area contributed by atoms with Gasteiger partial charge in [-0.1, -0.05) is 11.6 Å². The van der Waals surface area contributed by atoms with Gasteiger partial charge in [0.05, 0.1) is 22.3 Å². The van der Waals surface area contributed by atoms with Crippen molar-refractivity contribution in [2.45, 2.75) is 33.9 Å². The lowest BCUT2D eigenvalue weighted by Crippen LogP contribution is -2.03. The van der Waals surface area contributed by atoms with Crippen LogP contribution in [0.1, 0.15) is 29.4 Å². The Bertz CT molecular complexity index is 665. The molecule has 0 unspecified atom stereocenters. The van der Waals surface area contributed by atoms with Gasteiger partial charge in [0.15, 0.2) is 0 Å². The molecule has 2 rings (SSSR count). The molecule has 0 aliphatic heterocycles. The molecule has 0 radical (unpaired) electrons. The average molecular weight is 288 g/mol. The smallest absolute Gasteiger partial charge is 0.0992 e. The molecular weight excluding hydrogens is 270 g/mol. The fourth-order valence-corrected chi connectivity index (χ4v) is 2.70. The summed E-state index contributed by atoms with van der Waals surface area (Å²) in [6, 6.07) is 9.57. The number of rotatable bonds is 4. The van der Waals surface area contributed by atoms with Crippen molar-refractivity contribution in [2.24, 2.45) is 0 Å². The van der Waals surface area contributed by atoms with E-state index in [1.807, 2.05) is 6.07 Å². The van der Waals surface area contributed by atoms with Gasteiger partial charge in [0.25, 0.3) is 0 Å². The Hall–Kier alpha value is -1.92. The van der Waals surface area contributed by atoms with Gasteiger partial charge in [0.2, 0.25) is 0 Å². The fraction of sp³-hybridized carbons (Fsp3) is 0.312. The number of halogens is 1. The Balaban J connectivity index is 2.15. The zero-order valence-corrected chi connectivity index (χ0v) is 12.8. The minimum atomic E-state index is 0.574. The summed E-state index contributed by atoms with van der Waals surface area (Å²) in [4.78, 5) is 0. The van der Waals surface area contributed by atoms with Gasteiger partial charge >= 0.3 is 0 Å². The van der Waals surface area contributed by atoms with Gasteiger partial charge in [-0.05, 0) is 50.6 Å². The molecule has 20 heavy (non-hydrogen) atoms. The molecule has 1 aromatic heterocycles. The Morgan fingerprint density at radius 3 is 2.60 bits per heavy atom. The van der Waals surface area contributed by atoms with Crippen molar-refractivity contribution in [1.82, 2.24) is 4.57 Å². The first-order valence-electron chi connectivity index (χ1n) is 6.66. The molecule has 3 nitrogen and oxygen atoms in total. The molecule has 0 atom stereocenters. The van der Waals surface area contributed by atoms with E-state index in [0.717, 1.165) is 18.8 Å². The first-order chi connectivity index (χ1) is 9.56. The molecule has 0 saturated carbocycles. The molecular formula is C16H18ClN3. The summed E-state index contributed by atoms with van der Waals surface area (Å²) in [5.74, 6) is 0. The largest absolute Gasteiger partial charge is 0.380 e. The fourth-order valence-electron chi connectivity index (χ4n) is 2.46. The minimum Gasteiger partial charge on any atom is -0.380 e. The topological polar surface area (TPSA) is 40.8 Å². The third kappa shape index (κ3) is 2.81. The number of nitriles is 1. The molecule has 1 heterocycles. The third-order valence-corrected chi connectivity index (χ3v) is 3.87. The van der Waals surface area contributed by atoms with Gasteiger partial charge in [-0.25, -0.2) is 0 Å². The number of aromatic nitrogens is 1. The molecule has 0 aliphatic carbocycles. The number of anilines is 1. The van der Waals surface area contributed by atoms with E-state index in [2.05, 4.69) is 42.8 Å². The van der Waals surface area contributed by atoms with Crippen molar-refractivity contribution in [3.63, 3.8) is 0 Å². The molecule has 1 N–H and O–H groups in total. The quantitative estimate of drug-likeness (QED) is 0.913. The van der Waals surface area contributed by atoms with Crippen molar-refractivity contribution in [3.8, 4) is 6.07 Å². The lowest BCUT2D eigenvalue weighted by molar-refractivity contribution is 0.715. The first kappa shape index (κ1) is 14.5. The van der Waals surface area contributed by atoms with Gasteiger partial charge < -0.3 is 9.88 Å². The lowest BCUT2D eigenvalue weighted by atomic mass is 10.2. The van der Waals surface area contributed by atoms with Crippen molar-refractivity contribution < 1.29 is 0 Å². The van der Waals surface area contributed by atoms with Gasteiger partial charge in [-0.2, -0.15) is 5.26 Å². The van der Waals surface area contributed by atoms with E-state index in [-0.39, 0.29) is 0 Å². The Morgan fingerprint density at radius 1 is 1.30 bits per heavy atom. The maximum Gasteiger partial charge on any atom is 0.0992 e. The highest BCUT2D eigenvalue weighted by molar-refractivity contribution is 6.33. The van der Waals surface area contributed by atoms with E-state index in [4.69, 9.17) is 16.9 Å². The molecule has 2 aromatic rings. The Morgan fingerprint density at radius 2 is 2.05 bits per heavy atom. The van der Waals surface area contributed by atoms with Gasteiger partial charge in [0, 0.05) is 24.5 Å². The predicted octanol–water partition coefficient (Wildman–Crippen LogP) is 4.26. The van der Waals surface area contributed by atoms with E-state index in [1.54, 1.807) is 12.1 Å². The average Bonchev–Trinajstić information content (AvgIpc) is 2.71. The van der Waals surface area contributed by atoms with Crippen molar-refractivity contribution >= 4 is 17.3 Å². The molecule has 0 saturated heterocycles. The van der Waals surface area contributed by atoms with E-state index >= 15 is 0 Å². The highest BCUT2D eigenvalue weighted by atomic mass is 35.5. The van der Waals surface area contributed by atoms with Crippen molar-refractivity contribution in [3.05, 3.63) is 51.8 Å². The zero-order chi connectivity index (χ0) is 14.7. The van der Waals surface area contributed by atoms with Crippen LogP contribution in [0.5, 0.6) is 0 Å². The van der Waals surface area contributed by atoms with E-state index < -0.39 is 0 Å². The molecule has 104 valence electrons. The first-order valence-corrected chi connectivity index (χ1v) is 7.03. The van der Waals surface area contributed by atoms with E-state index in [1.165, 1.54) is 17.0 Å². The predicted molar refractivity (Wildman–Crippen MR) is 83.1 cm³/mol. The van der Waals surface area contributed by atoms with Crippen LogP contribution in [0.15, 0.2) is 24.3 Å². The molecule has 4 heteroatoms. The molecule has 0 spiro atoms. The summed E-state index contributed by atoms with van der Waals surface area (Å²) in [5, 5.41) is 12.7. The van der Waals surface area contributed by atoms with Crippen LogP contribution in [0, 0.1) is 25.2 Å². The number of aryl methyl sites for hydroxylation is 1. The second-order valence-corrected chi connectivity index (χ2v) is 5.21. The summed E-state index contributed by atoms with van der Waals surface area (Å²) >= 11 is 6.16. The van der Waals surface area contributed by atoms with Gasteiger partial charge in [0.1, 0.15) is 0 Å². The van der Waals surface area contributed by atoms with Gasteiger partial charge in [-0.15, -0.1) is 0 Å². The van der Waals surface area contributed by atoms with E-state index in [0.29, 0.717) is 10.6 Å². The van der Waals surface area contributed by atoms with Crippen molar-refractivity contribution in [2.75, 3.05) is 5.32 Å². The van der Waals surface area contributed by atoms with Crippen LogP contribution >= 0.6 is 11.6 Å². The number of benzene rings is 1. The number of nitrogens with one attached hydrogen (secondary N) is 1. The normalized spacial score (nSPS) is 10.3. The summed E-state index contributed by atoms with van der Waals surface area (Å²) in [5.41, 5.74) is 5.25. The summed E-state index contributed by atoms with van der Waals surface area (Å²) in [6.07, 6.45) is 0. The Kier molecular flexibility index (Phi) is 4.36. The summed E-state index contributed by atoms with van der Waals surface area (Å²) in [7, 11) is 0. The van der Waals surface area contributed by atoms with E-state index in [9.17, 15) is 0 Å². The molecule has 1 aromatic carbocycles. The van der Waals surface area contributed by atoms with Crippen LogP contribution in [0.4, 0.5) is 5.69 Å². The monoisotopic (exact) mass is 287 g/mol. The lowest BCUT2D eigenvalue weighted by Gasteiger charge is -2.09. The van der Waals surface area contributed by atoms with Crippen molar-refractivity contribution in [1.29, 1.82) is 5.26 Å². The van der Waals surface area contributed by atoms with Gasteiger partial charge in [-0.3, -0.25) is 0 Å². The summed E-state index contributed by atoms with van der Waals surface area (Å²) < 4.78 is 2.29. The maximum absolute atomic E-state index is 8.83. The van der Waals surface area contributed by atoms with Crippen LogP contribution in [-0.2, 0) is 13.1 Å². The summed E-state index contributed by atoms with van der Waals surface area (Å²) in [6.45, 7) is 8.11. The van der Waals surface area contributed by atoms with Crippen LogP contribution in [0.25, 0.3) is 0 Å². The SMILES string of the molecule is CCn1c(C)cc(CNc2ccc(C#N)cc2Cl)c1C. The van der Waals surface area contributed by atoms with Crippen LogP contribution < -0.4 is 5.32 Å². The molecule has 0 bridgehead atoms. The number of hydrogen-bond acceptors (Lipinski definition) is 2. The third-order valence-electron chi connectivity index (χ3n) is 3.56. The molecule has 0 amide bonds.